The third-order valence-corrected chi connectivity index (χ3v) is 7.21. The number of para-hydroxylation sites is 2. The summed E-state index contributed by atoms with van der Waals surface area (Å²) in [4.78, 5) is 29.7. The Labute approximate surface area is 217 Å². The molecule has 0 spiro atoms. The van der Waals surface area contributed by atoms with Gasteiger partial charge in [-0.2, -0.15) is 0 Å². The lowest BCUT2D eigenvalue weighted by Crippen LogP contribution is -2.40. The van der Waals surface area contributed by atoms with Crippen LogP contribution in [0.25, 0.3) is 0 Å². The fourth-order valence-electron chi connectivity index (χ4n) is 5.41. The lowest BCUT2D eigenvalue weighted by molar-refractivity contribution is -0.121. The van der Waals surface area contributed by atoms with Gasteiger partial charge in [-0.25, -0.2) is 0 Å². The number of nitrogens with zero attached hydrogens (tertiary/aromatic N) is 1. The number of nitrogens with one attached hydrogen (secondary N) is 1. The highest BCUT2D eigenvalue weighted by molar-refractivity contribution is 6.06. The van der Waals surface area contributed by atoms with Crippen molar-refractivity contribution in [1.29, 1.82) is 0 Å². The minimum Gasteiger partial charge on any atom is -0.493 e. The van der Waals surface area contributed by atoms with Gasteiger partial charge in [0.15, 0.2) is 17.3 Å². The van der Waals surface area contributed by atoms with Gasteiger partial charge in [-0.1, -0.05) is 62.4 Å². The number of hydrogen-bond acceptors (Lipinski definition) is 5. The predicted molar refractivity (Wildman–Crippen MR) is 145 cm³/mol. The van der Waals surface area contributed by atoms with E-state index in [1.165, 1.54) is 0 Å². The number of anilines is 2. The molecule has 0 bridgehead atoms. The number of benzene rings is 3. The molecule has 0 fully saturated rings. The quantitative estimate of drug-likeness (QED) is 0.452. The Hall–Kier alpha value is -4.06. The topological polar surface area (TPSA) is 67.9 Å². The summed E-state index contributed by atoms with van der Waals surface area (Å²) in [6, 6.07) is 22.9. The summed E-state index contributed by atoms with van der Waals surface area (Å²) in [6.45, 7) is 3.77. The molecule has 0 aromatic heterocycles. The van der Waals surface area contributed by atoms with Gasteiger partial charge in [0.25, 0.3) is 0 Å². The van der Waals surface area contributed by atoms with Crippen LogP contribution >= 0.6 is 0 Å². The third kappa shape index (κ3) is 4.48. The number of ether oxygens (including phenoxy) is 2. The van der Waals surface area contributed by atoms with Crippen LogP contribution in [0, 0.1) is 5.92 Å². The van der Waals surface area contributed by atoms with E-state index in [-0.39, 0.29) is 23.5 Å². The van der Waals surface area contributed by atoms with Crippen LogP contribution in [0.2, 0.25) is 0 Å². The van der Waals surface area contributed by atoms with Crippen LogP contribution in [0.3, 0.4) is 0 Å². The molecule has 190 valence electrons. The molecule has 37 heavy (non-hydrogen) atoms. The molecule has 2 atom stereocenters. The van der Waals surface area contributed by atoms with Crippen molar-refractivity contribution in [2.45, 2.75) is 38.6 Å². The van der Waals surface area contributed by atoms with Crippen molar-refractivity contribution < 1.29 is 19.1 Å². The summed E-state index contributed by atoms with van der Waals surface area (Å²) in [5, 5.41) is 3.58. The molecule has 5 rings (SSSR count). The summed E-state index contributed by atoms with van der Waals surface area (Å²) < 4.78 is 11.1. The van der Waals surface area contributed by atoms with E-state index in [2.05, 4.69) is 17.4 Å². The van der Waals surface area contributed by atoms with E-state index in [9.17, 15) is 9.59 Å². The number of ketones is 1. The maximum Gasteiger partial charge on any atom is 0.230 e. The van der Waals surface area contributed by atoms with Crippen molar-refractivity contribution in [3.63, 3.8) is 0 Å². The standard InChI is InChI=1S/C31H32N2O4/c1-19(2)31(35)33-25-13-9-8-12-23(25)32-24-16-22(20-10-6-5-7-11-20)17-26(34)29(24)30(33)21-14-15-27(36-3)28(18-21)37-4/h5-15,18-19,22,30,32H,16-17H2,1-4H3. The minimum absolute atomic E-state index is 0.0387. The largest absolute Gasteiger partial charge is 0.493 e. The Morgan fingerprint density at radius 3 is 2.30 bits per heavy atom. The van der Waals surface area contributed by atoms with E-state index in [1.807, 2.05) is 74.5 Å². The van der Waals surface area contributed by atoms with Crippen molar-refractivity contribution in [2.75, 3.05) is 24.4 Å². The number of hydrogen-bond donors (Lipinski definition) is 1. The van der Waals surface area contributed by atoms with Gasteiger partial charge in [0.2, 0.25) is 5.91 Å². The molecular weight excluding hydrogens is 464 g/mol. The SMILES string of the molecule is COc1ccc(C2C3=C(CC(c4ccccc4)CC3=O)Nc3ccccc3N2C(=O)C(C)C)cc1OC. The smallest absolute Gasteiger partial charge is 0.230 e. The third-order valence-electron chi connectivity index (χ3n) is 7.21. The van der Waals surface area contributed by atoms with Crippen molar-refractivity contribution in [1.82, 2.24) is 0 Å². The Balaban J connectivity index is 1.74. The fraction of sp³-hybridized carbons (Fsp3) is 0.290. The van der Waals surface area contributed by atoms with Crippen LogP contribution in [0.4, 0.5) is 11.4 Å². The molecule has 1 aliphatic heterocycles. The van der Waals surface area contributed by atoms with Crippen LogP contribution < -0.4 is 19.7 Å². The molecule has 1 amide bonds. The maximum absolute atomic E-state index is 14.0. The number of amides is 1. The highest BCUT2D eigenvalue weighted by Gasteiger charge is 2.42. The first-order valence-corrected chi connectivity index (χ1v) is 12.6. The van der Waals surface area contributed by atoms with Crippen LogP contribution in [0.1, 0.15) is 49.8 Å². The molecular formula is C31H32N2O4. The molecule has 1 heterocycles. The summed E-state index contributed by atoms with van der Waals surface area (Å²) in [5.41, 5.74) is 4.98. The molecule has 0 saturated heterocycles. The van der Waals surface area contributed by atoms with Crippen LogP contribution in [-0.2, 0) is 9.59 Å². The molecule has 6 heteroatoms. The van der Waals surface area contributed by atoms with E-state index in [0.717, 1.165) is 28.2 Å². The number of carbonyl (C=O) groups is 2. The van der Waals surface area contributed by atoms with Crippen molar-refractivity contribution in [3.05, 3.63) is 95.2 Å². The van der Waals surface area contributed by atoms with Gasteiger partial charge in [0.05, 0.1) is 31.6 Å². The van der Waals surface area contributed by atoms with Gasteiger partial charge >= 0.3 is 0 Å². The van der Waals surface area contributed by atoms with Gasteiger partial charge in [-0.15, -0.1) is 0 Å². The lowest BCUT2D eigenvalue weighted by Gasteiger charge is -2.36. The normalized spacial score (nSPS) is 19.1. The first-order valence-electron chi connectivity index (χ1n) is 12.6. The number of Topliss-reactive ketones (excluding diaryl/α,β-unsaturated/α-hetero) is 1. The Bertz CT molecular complexity index is 1360. The second kappa shape index (κ2) is 10.1. The summed E-state index contributed by atoms with van der Waals surface area (Å²) in [5.74, 6) is 0.917. The number of fused-ring (bicyclic) bond motifs is 1. The average Bonchev–Trinajstić information content (AvgIpc) is 3.07. The molecule has 6 nitrogen and oxygen atoms in total. The summed E-state index contributed by atoms with van der Waals surface area (Å²) >= 11 is 0. The second-order valence-electron chi connectivity index (χ2n) is 9.85. The van der Waals surface area contributed by atoms with Gasteiger partial charge in [-0.3, -0.25) is 14.5 Å². The zero-order valence-corrected chi connectivity index (χ0v) is 21.7. The first-order chi connectivity index (χ1) is 17.9. The van der Waals surface area contributed by atoms with E-state index in [1.54, 1.807) is 19.1 Å². The highest BCUT2D eigenvalue weighted by atomic mass is 16.5. The first kappa shape index (κ1) is 24.6. The number of methoxy groups -OCH3 is 2. The molecule has 0 radical (unpaired) electrons. The highest BCUT2D eigenvalue weighted by Crippen LogP contribution is 2.48. The van der Waals surface area contributed by atoms with Crippen LogP contribution in [0.5, 0.6) is 11.5 Å². The monoisotopic (exact) mass is 496 g/mol. The van der Waals surface area contributed by atoms with Crippen molar-refractivity contribution >= 4 is 23.1 Å². The van der Waals surface area contributed by atoms with Gasteiger partial charge in [-0.05, 0) is 47.7 Å². The van der Waals surface area contributed by atoms with E-state index in [4.69, 9.17) is 9.47 Å². The summed E-state index contributed by atoms with van der Waals surface area (Å²) in [6.07, 6.45) is 1.06. The number of allylic oxidation sites excluding steroid dienone is 1. The molecule has 2 unspecified atom stereocenters. The van der Waals surface area contributed by atoms with Crippen LogP contribution in [-0.4, -0.2) is 25.9 Å². The predicted octanol–water partition coefficient (Wildman–Crippen LogP) is 6.26. The van der Waals surface area contributed by atoms with E-state index in [0.29, 0.717) is 29.9 Å². The Morgan fingerprint density at radius 1 is 0.892 bits per heavy atom. The number of carbonyl (C=O) groups excluding carboxylic acids is 2. The second-order valence-corrected chi connectivity index (χ2v) is 9.85. The number of rotatable bonds is 5. The van der Waals surface area contributed by atoms with Gasteiger partial charge in [0, 0.05) is 23.6 Å². The average molecular weight is 497 g/mol. The molecule has 1 N–H and O–H groups in total. The van der Waals surface area contributed by atoms with E-state index < -0.39 is 6.04 Å². The fourth-order valence-corrected chi connectivity index (χ4v) is 5.41. The molecule has 0 saturated carbocycles. The van der Waals surface area contributed by atoms with Crippen LogP contribution in [0.15, 0.2) is 84.1 Å². The van der Waals surface area contributed by atoms with Gasteiger partial charge < -0.3 is 14.8 Å². The summed E-state index contributed by atoms with van der Waals surface area (Å²) in [7, 11) is 3.18. The lowest BCUT2D eigenvalue weighted by atomic mass is 9.78. The zero-order chi connectivity index (χ0) is 26.1. The Kier molecular flexibility index (Phi) is 6.74. The maximum atomic E-state index is 14.0. The van der Waals surface area contributed by atoms with Crippen molar-refractivity contribution in [2.24, 2.45) is 5.92 Å². The van der Waals surface area contributed by atoms with Crippen molar-refractivity contribution in [3.8, 4) is 11.5 Å². The molecule has 3 aromatic carbocycles. The molecule has 2 aliphatic rings. The molecule has 1 aliphatic carbocycles. The molecule has 3 aromatic rings. The van der Waals surface area contributed by atoms with E-state index >= 15 is 0 Å². The Morgan fingerprint density at radius 2 is 1.59 bits per heavy atom. The van der Waals surface area contributed by atoms with Gasteiger partial charge in [0.1, 0.15) is 0 Å². The zero-order valence-electron chi connectivity index (χ0n) is 21.7. The minimum atomic E-state index is -0.606.